The summed E-state index contributed by atoms with van der Waals surface area (Å²) in [6, 6.07) is 0. The molecule has 0 aliphatic rings. The van der Waals surface area contributed by atoms with Crippen molar-refractivity contribution in [1.82, 2.24) is 0 Å². The number of carbonyl (C=O) groups is 4. The van der Waals surface area contributed by atoms with Crippen molar-refractivity contribution in [2.24, 2.45) is 17.3 Å². The Balaban J connectivity index is 5.78. The minimum Gasteiger partial charge on any atom is -0.549 e. The number of ether oxygens (including phenoxy) is 4. The first-order chi connectivity index (χ1) is 13.6. The zero-order valence-corrected chi connectivity index (χ0v) is 17.2. The number of hydrogen-bond donors (Lipinski definition) is 0. The van der Waals surface area contributed by atoms with E-state index in [2.05, 4.69) is 6.58 Å². The molecule has 10 heteroatoms. The molecule has 0 bridgehead atoms. The minimum absolute atomic E-state index is 0.0895. The topological polar surface area (TPSA) is 151 Å². The lowest BCUT2D eigenvalue weighted by Crippen LogP contribution is -2.58. The van der Waals surface area contributed by atoms with Crippen LogP contribution in [0.15, 0.2) is 12.2 Å². The van der Waals surface area contributed by atoms with Gasteiger partial charge in [-0.25, -0.2) is 0 Å². The number of hydrogen-bond acceptors (Lipinski definition) is 10. The maximum Gasteiger partial charge on any atom is 0.309 e. The van der Waals surface area contributed by atoms with Crippen molar-refractivity contribution < 1.29 is 48.3 Å². The highest BCUT2D eigenvalue weighted by molar-refractivity contribution is 6.00. The fourth-order valence-corrected chi connectivity index (χ4v) is 2.92. The Morgan fingerprint density at radius 2 is 1.21 bits per heavy atom. The van der Waals surface area contributed by atoms with Gasteiger partial charge in [0.2, 0.25) is 0 Å². The molecule has 0 rings (SSSR count). The number of carbonyl (C=O) groups excluding carboxylic acids is 4. The van der Waals surface area contributed by atoms with Gasteiger partial charge in [0, 0.05) is 40.3 Å². The van der Waals surface area contributed by atoms with E-state index < -0.39 is 46.7 Å². The summed E-state index contributed by atoms with van der Waals surface area (Å²) < 4.78 is 19.6. The molecule has 0 aromatic rings. The van der Waals surface area contributed by atoms with Crippen molar-refractivity contribution in [3.63, 3.8) is 0 Å². The summed E-state index contributed by atoms with van der Waals surface area (Å²) in [5.41, 5.74) is -3.62. The summed E-state index contributed by atoms with van der Waals surface area (Å²) in [5.74, 6) is -9.23. The Kier molecular flexibility index (Phi) is 11.8. The quantitative estimate of drug-likeness (QED) is 0.174. The zero-order valence-electron chi connectivity index (χ0n) is 17.2. The molecule has 0 N–H and O–H groups in total. The molecule has 0 heterocycles. The number of carboxylic acids is 2. The molecule has 29 heavy (non-hydrogen) atoms. The second-order valence-corrected chi connectivity index (χ2v) is 6.39. The third kappa shape index (κ3) is 6.82. The molecule has 0 fully saturated rings. The SMILES string of the molecule is C=C(C(=O)[O-])C(C(=O)[O-])(C(C)C(=O)OCCCOC)C(C)C(=O)OCCCOC. The fraction of sp³-hybridized carbons (Fsp3) is 0.684. The van der Waals surface area contributed by atoms with Crippen LogP contribution < -0.4 is 10.2 Å². The molecule has 0 aromatic heterocycles. The van der Waals surface area contributed by atoms with Crippen LogP contribution in [0.1, 0.15) is 26.7 Å². The van der Waals surface area contributed by atoms with Gasteiger partial charge in [0.25, 0.3) is 0 Å². The van der Waals surface area contributed by atoms with Crippen molar-refractivity contribution >= 4 is 23.9 Å². The minimum atomic E-state index is -2.63. The van der Waals surface area contributed by atoms with Crippen molar-refractivity contribution in [3.05, 3.63) is 12.2 Å². The molecule has 2 unspecified atom stereocenters. The summed E-state index contributed by atoms with van der Waals surface area (Å²) in [5, 5.41) is 23.6. The van der Waals surface area contributed by atoms with Crippen LogP contribution in [0.25, 0.3) is 0 Å². The molecule has 0 saturated carbocycles. The molecule has 0 aliphatic heterocycles. The summed E-state index contributed by atoms with van der Waals surface area (Å²) in [6.07, 6.45) is 0.678. The first-order valence-electron chi connectivity index (χ1n) is 9.02. The van der Waals surface area contributed by atoms with Gasteiger partial charge in [-0.15, -0.1) is 0 Å². The van der Waals surface area contributed by atoms with Gasteiger partial charge in [-0.1, -0.05) is 20.4 Å². The molecule has 10 nitrogen and oxygen atoms in total. The van der Waals surface area contributed by atoms with Crippen molar-refractivity contribution in [2.75, 3.05) is 40.6 Å². The molecule has 0 amide bonds. The monoisotopic (exact) mass is 416 g/mol. The van der Waals surface area contributed by atoms with Gasteiger partial charge in [0.05, 0.1) is 42.4 Å². The number of rotatable bonds is 15. The van der Waals surface area contributed by atoms with Crippen LogP contribution >= 0.6 is 0 Å². The van der Waals surface area contributed by atoms with Crippen LogP contribution in [-0.2, 0) is 38.1 Å². The van der Waals surface area contributed by atoms with E-state index in [4.69, 9.17) is 18.9 Å². The molecule has 0 saturated heterocycles. The first-order valence-corrected chi connectivity index (χ1v) is 9.02. The van der Waals surface area contributed by atoms with Crippen molar-refractivity contribution in [2.45, 2.75) is 26.7 Å². The standard InChI is InChI=1S/C19H30O10/c1-12(15(20)21)19(18(24)25,13(2)16(22)28-10-6-8-26-4)14(3)17(23)29-11-7-9-27-5/h13-14H,1,6-11H2,2-5H3,(H,20,21)(H,24,25)/p-2. The predicted octanol–water partition coefficient (Wildman–Crippen LogP) is -1.54. The van der Waals surface area contributed by atoms with Crippen LogP contribution in [0, 0.1) is 17.3 Å². The lowest BCUT2D eigenvalue weighted by Gasteiger charge is -2.44. The summed E-state index contributed by atoms with van der Waals surface area (Å²) in [6.45, 7) is 5.89. The van der Waals surface area contributed by atoms with E-state index in [1.54, 1.807) is 0 Å². The molecule has 0 radical (unpaired) electrons. The number of methoxy groups -OCH3 is 2. The van der Waals surface area contributed by atoms with Crippen LogP contribution in [-0.4, -0.2) is 64.5 Å². The smallest absolute Gasteiger partial charge is 0.309 e. The van der Waals surface area contributed by atoms with Gasteiger partial charge < -0.3 is 38.7 Å². The maximum atomic E-state index is 12.4. The molecule has 0 aliphatic carbocycles. The molecule has 2 atom stereocenters. The highest BCUT2D eigenvalue weighted by Crippen LogP contribution is 2.43. The average Bonchev–Trinajstić information content (AvgIpc) is 2.67. The van der Waals surface area contributed by atoms with Gasteiger partial charge in [-0.05, 0) is 5.57 Å². The normalized spacial score (nSPS) is 14.9. The Labute approximate surface area is 169 Å². The second-order valence-electron chi connectivity index (χ2n) is 6.39. The van der Waals surface area contributed by atoms with E-state index in [-0.39, 0.29) is 13.2 Å². The van der Waals surface area contributed by atoms with Gasteiger partial charge in [0.1, 0.15) is 0 Å². The van der Waals surface area contributed by atoms with Crippen molar-refractivity contribution in [3.8, 4) is 0 Å². The molecular formula is C19H28O10-2. The van der Waals surface area contributed by atoms with E-state index in [0.717, 1.165) is 13.8 Å². The zero-order chi connectivity index (χ0) is 22.6. The van der Waals surface area contributed by atoms with Crippen LogP contribution in [0.3, 0.4) is 0 Å². The average molecular weight is 416 g/mol. The van der Waals surface area contributed by atoms with Gasteiger partial charge in [-0.2, -0.15) is 0 Å². The maximum absolute atomic E-state index is 12.4. The summed E-state index contributed by atoms with van der Waals surface area (Å²) >= 11 is 0. The fourth-order valence-electron chi connectivity index (χ4n) is 2.92. The van der Waals surface area contributed by atoms with Gasteiger partial charge in [-0.3, -0.25) is 9.59 Å². The van der Waals surface area contributed by atoms with Gasteiger partial charge >= 0.3 is 11.9 Å². The number of aliphatic carboxylic acids is 2. The third-order valence-electron chi connectivity index (χ3n) is 4.63. The largest absolute Gasteiger partial charge is 0.549 e. The van der Waals surface area contributed by atoms with E-state index >= 15 is 0 Å². The Morgan fingerprint density at radius 3 is 1.48 bits per heavy atom. The number of carboxylic acid groups (broad SMARTS) is 2. The third-order valence-corrected chi connectivity index (χ3v) is 4.63. The lowest BCUT2D eigenvalue weighted by atomic mass is 9.63. The number of esters is 2. The highest BCUT2D eigenvalue weighted by Gasteiger charge is 2.52. The van der Waals surface area contributed by atoms with E-state index in [1.807, 2.05) is 0 Å². The Bertz CT molecular complexity index is 568. The molecule has 166 valence electrons. The Hall–Kier alpha value is -2.46. The van der Waals surface area contributed by atoms with Crippen LogP contribution in [0.2, 0.25) is 0 Å². The summed E-state index contributed by atoms with van der Waals surface area (Å²) in [4.78, 5) is 48.4. The highest BCUT2D eigenvalue weighted by atomic mass is 16.5. The predicted molar refractivity (Wildman–Crippen MR) is 94.8 cm³/mol. The van der Waals surface area contributed by atoms with Crippen molar-refractivity contribution in [1.29, 1.82) is 0 Å². The van der Waals surface area contributed by atoms with E-state index in [0.29, 0.717) is 26.1 Å². The van der Waals surface area contributed by atoms with Crippen LogP contribution in [0.5, 0.6) is 0 Å². The van der Waals surface area contributed by atoms with E-state index in [9.17, 15) is 29.4 Å². The van der Waals surface area contributed by atoms with Gasteiger partial charge in [0.15, 0.2) is 0 Å². The molecular weight excluding hydrogens is 388 g/mol. The first kappa shape index (κ1) is 26.5. The van der Waals surface area contributed by atoms with Crippen LogP contribution in [0.4, 0.5) is 0 Å². The Morgan fingerprint density at radius 1 is 0.828 bits per heavy atom. The molecule has 0 aromatic carbocycles. The second kappa shape index (κ2) is 12.9. The lowest BCUT2D eigenvalue weighted by molar-refractivity contribution is -0.326. The van der Waals surface area contributed by atoms with E-state index in [1.165, 1.54) is 14.2 Å². The molecule has 0 spiro atoms. The summed E-state index contributed by atoms with van der Waals surface area (Å²) in [7, 11) is 2.91.